The summed E-state index contributed by atoms with van der Waals surface area (Å²) in [6.45, 7) is 9.12. The average molecular weight is 494 g/mol. The number of fused-ring (bicyclic) bond motifs is 2. The summed E-state index contributed by atoms with van der Waals surface area (Å²) in [5.74, 6) is 0.696. The molecule has 0 saturated carbocycles. The minimum Gasteiger partial charge on any atom is -0.377 e. The number of hydrogen-bond acceptors (Lipinski definition) is 2. The van der Waals surface area contributed by atoms with E-state index in [9.17, 15) is 4.79 Å². The van der Waals surface area contributed by atoms with Crippen molar-refractivity contribution in [2.45, 2.75) is 76.4 Å². The van der Waals surface area contributed by atoms with Crippen LogP contribution in [-0.2, 0) is 21.4 Å². The maximum atomic E-state index is 15.5. The summed E-state index contributed by atoms with van der Waals surface area (Å²) in [4.78, 5) is 16.7. The van der Waals surface area contributed by atoms with Gasteiger partial charge in [-0.05, 0) is 55.2 Å². The first kappa shape index (κ1) is 25.4. The number of rotatable bonds is 5. The number of halogens is 1. The molecule has 0 aliphatic carbocycles. The lowest BCUT2D eigenvalue weighted by Crippen LogP contribution is -2.82. The standard InChI is InChI=1S/C31H41FN2O2/c1-4-22(5-2)28-17-24(23-10-7-6-8-11-23)14-15-34(28)30(35)26-18-33-19-31(26)20-36-21(3)16-25-12-9-13-27(32)29(25)31/h6-13,21-22,24,26,28,33H,4-5,14-20H2,1-3H3/p+1/t21-,24+,26-,28-,31-/m0/s1. The molecule has 1 spiro atoms. The molecule has 0 bridgehead atoms. The lowest BCUT2D eigenvalue weighted by Gasteiger charge is -2.45. The molecule has 5 atom stereocenters. The van der Waals surface area contributed by atoms with Gasteiger partial charge < -0.3 is 15.0 Å². The third-order valence-electron chi connectivity index (χ3n) is 9.40. The predicted octanol–water partition coefficient (Wildman–Crippen LogP) is 4.43. The van der Waals surface area contributed by atoms with Gasteiger partial charge in [0.25, 0.3) is 0 Å². The van der Waals surface area contributed by atoms with Gasteiger partial charge in [-0.15, -0.1) is 0 Å². The fraction of sp³-hybridized carbons (Fsp3) is 0.581. The van der Waals surface area contributed by atoms with E-state index in [1.165, 1.54) is 5.56 Å². The third kappa shape index (κ3) is 4.50. The van der Waals surface area contributed by atoms with Gasteiger partial charge in [-0.1, -0.05) is 69.2 Å². The van der Waals surface area contributed by atoms with E-state index in [1.807, 2.05) is 6.07 Å². The highest BCUT2D eigenvalue weighted by Crippen LogP contribution is 2.43. The highest BCUT2D eigenvalue weighted by Gasteiger charge is 2.56. The van der Waals surface area contributed by atoms with Crippen molar-refractivity contribution in [3.8, 4) is 0 Å². The molecule has 2 aromatic rings. The van der Waals surface area contributed by atoms with E-state index < -0.39 is 5.41 Å². The third-order valence-corrected chi connectivity index (χ3v) is 9.40. The number of amides is 1. The summed E-state index contributed by atoms with van der Waals surface area (Å²) in [7, 11) is 0. The first-order valence-electron chi connectivity index (χ1n) is 14.0. The molecule has 36 heavy (non-hydrogen) atoms. The van der Waals surface area contributed by atoms with Crippen molar-refractivity contribution in [1.82, 2.24) is 4.90 Å². The zero-order valence-electron chi connectivity index (χ0n) is 22.1. The van der Waals surface area contributed by atoms with Crippen molar-refractivity contribution in [3.63, 3.8) is 0 Å². The number of likely N-dealkylation sites (tertiary alicyclic amines) is 1. The molecular weight excluding hydrogens is 451 g/mol. The van der Waals surface area contributed by atoms with Crippen LogP contribution in [0.4, 0.5) is 4.39 Å². The average Bonchev–Trinajstić information content (AvgIpc) is 3.26. The van der Waals surface area contributed by atoms with Gasteiger partial charge >= 0.3 is 0 Å². The molecule has 3 heterocycles. The summed E-state index contributed by atoms with van der Waals surface area (Å²) in [6, 6.07) is 16.4. The first-order valence-corrected chi connectivity index (χ1v) is 14.0. The molecule has 2 fully saturated rings. The molecule has 194 valence electrons. The van der Waals surface area contributed by atoms with Crippen LogP contribution in [0.3, 0.4) is 0 Å². The van der Waals surface area contributed by atoms with E-state index >= 15 is 4.39 Å². The topological polar surface area (TPSA) is 46.2 Å². The van der Waals surface area contributed by atoms with Gasteiger partial charge in [-0.3, -0.25) is 4.79 Å². The van der Waals surface area contributed by atoms with Crippen LogP contribution in [0.15, 0.2) is 48.5 Å². The summed E-state index contributed by atoms with van der Waals surface area (Å²) in [6.07, 6.45) is 4.81. The number of ether oxygens (including phenoxy) is 1. The Morgan fingerprint density at radius 1 is 1.17 bits per heavy atom. The molecule has 0 aromatic heterocycles. The van der Waals surface area contributed by atoms with Gasteiger partial charge in [-0.2, -0.15) is 0 Å². The van der Waals surface area contributed by atoms with E-state index in [1.54, 1.807) is 12.1 Å². The van der Waals surface area contributed by atoms with E-state index in [4.69, 9.17) is 4.74 Å². The van der Waals surface area contributed by atoms with Crippen LogP contribution in [0.1, 0.15) is 69.1 Å². The second kappa shape index (κ2) is 10.6. The van der Waals surface area contributed by atoms with E-state index in [-0.39, 0.29) is 29.8 Å². The number of nitrogens with two attached hydrogens (primary N) is 1. The Morgan fingerprint density at radius 3 is 2.69 bits per heavy atom. The summed E-state index contributed by atoms with van der Waals surface area (Å²) in [5, 5.41) is 2.21. The minimum absolute atomic E-state index is 0.0141. The molecule has 1 amide bonds. The Balaban J connectivity index is 1.49. The molecule has 2 N–H and O–H groups in total. The Kier molecular flexibility index (Phi) is 7.50. The molecule has 4 nitrogen and oxygen atoms in total. The van der Waals surface area contributed by atoms with Gasteiger partial charge in [-0.25, -0.2) is 4.39 Å². The van der Waals surface area contributed by atoms with Crippen molar-refractivity contribution in [2.75, 3.05) is 26.2 Å². The Morgan fingerprint density at radius 2 is 1.94 bits per heavy atom. The van der Waals surface area contributed by atoms with Crippen LogP contribution in [0, 0.1) is 17.7 Å². The monoisotopic (exact) mass is 493 g/mol. The van der Waals surface area contributed by atoms with Crippen LogP contribution in [0.2, 0.25) is 0 Å². The Labute approximate surface area is 215 Å². The lowest BCUT2D eigenvalue weighted by atomic mass is 9.69. The molecule has 5 rings (SSSR count). The molecule has 2 aromatic carbocycles. The van der Waals surface area contributed by atoms with Crippen molar-refractivity contribution in [1.29, 1.82) is 0 Å². The van der Waals surface area contributed by atoms with Crippen molar-refractivity contribution in [3.05, 3.63) is 71.0 Å². The largest absolute Gasteiger partial charge is 0.377 e. The summed E-state index contributed by atoms with van der Waals surface area (Å²) >= 11 is 0. The highest BCUT2D eigenvalue weighted by molar-refractivity contribution is 5.82. The van der Waals surface area contributed by atoms with Crippen molar-refractivity contribution >= 4 is 5.91 Å². The number of piperidine rings is 1. The van der Waals surface area contributed by atoms with E-state index in [2.05, 4.69) is 61.3 Å². The maximum Gasteiger partial charge on any atom is 0.232 e. The summed E-state index contributed by atoms with van der Waals surface area (Å²) < 4.78 is 21.8. The number of benzene rings is 2. The van der Waals surface area contributed by atoms with Crippen LogP contribution in [-0.4, -0.2) is 49.2 Å². The Hall–Kier alpha value is -2.24. The quantitative estimate of drug-likeness (QED) is 0.670. The van der Waals surface area contributed by atoms with E-state index in [0.717, 1.165) is 43.4 Å². The molecule has 3 aliphatic heterocycles. The minimum atomic E-state index is -0.614. The zero-order chi connectivity index (χ0) is 25.3. The number of quaternary nitrogens is 1. The van der Waals surface area contributed by atoms with E-state index in [0.29, 0.717) is 38.0 Å². The highest BCUT2D eigenvalue weighted by atomic mass is 19.1. The van der Waals surface area contributed by atoms with Gasteiger partial charge in [0.1, 0.15) is 11.7 Å². The van der Waals surface area contributed by atoms with Gasteiger partial charge in [0.05, 0.1) is 31.2 Å². The normalized spacial score (nSPS) is 30.4. The van der Waals surface area contributed by atoms with Crippen LogP contribution in [0.5, 0.6) is 0 Å². The zero-order valence-corrected chi connectivity index (χ0v) is 22.1. The lowest BCUT2D eigenvalue weighted by molar-refractivity contribution is -0.640. The smallest absolute Gasteiger partial charge is 0.232 e. The molecule has 5 heteroatoms. The predicted molar refractivity (Wildman–Crippen MR) is 140 cm³/mol. The number of hydrogen-bond donors (Lipinski definition) is 1. The molecule has 0 unspecified atom stereocenters. The SMILES string of the molecule is CCC(CC)[C@@H]1C[C@H](c2ccccc2)CCN1C(=O)[C@@H]1C[NH2+]C[C@]12CO[C@@H](C)Cc1cccc(F)c12. The number of carbonyl (C=O) groups excluding carboxylic acids is 1. The van der Waals surface area contributed by atoms with Gasteiger partial charge in [0, 0.05) is 18.2 Å². The van der Waals surface area contributed by atoms with Crippen LogP contribution >= 0.6 is 0 Å². The maximum absolute atomic E-state index is 15.5. The summed E-state index contributed by atoms with van der Waals surface area (Å²) in [5.41, 5.74) is 2.51. The fourth-order valence-electron chi connectivity index (χ4n) is 7.46. The van der Waals surface area contributed by atoms with Gasteiger partial charge in [0.2, 0.25) is 5.91 Å². The second-order valence-corrected chi connectivity index (χ2v) is 11.3. The second-order valence-electron chi connectivity index (χ2n) is 11.3. The molecule has 3 aliphatic rings. The molecule has 2 saturated heterocycles. The number of nitrogens with zero attached hydrogens (tertiary/aromatic N) is 1. The number of carbonyl (C=O) groups is 1. The van der Waals surface area contributed by atoms with Crippen LogP contribution < -0.4 is 5.32 Å². The molecule has 0 radical (unpaired) electrons. The first-order chi connectivity index (χ1) is 17.5. The Bertz CT molecular complexity index is 1060. The fourth-order valence-corrected chi connectivity index (χ4v) is 7.46. The van der Waals surface area contributed by atoms with Crippen LogP contribution in [0.25, 0.3) is 0 Å². The molecular formula is C31H42FN2O2+. The van der Waals surface area contributed by atoms with Crippen molar-refractivity contribution in [2.24, 2.45) is 11.8 Å². The van der Waals surface area contributed by atoms with Crippen molar-refractivity contribution < 1.29 is 19.2 Å². The van der Waals surface area contributed by atoms with Gasteiger partial charge in [0.15, 0.2) is 0 Å².